The third-order valence-corrected chi connectivity index (χ3v) is 2.20. The molecule has 1 aromatic heterocycles. The first kappa shape index (κ1) is 10.2. The van der Waals surface area contributed by atoms with Gasteiger partial charge in [-0.15, -0.1) is 0 Å². The number of aryl methyl sites for hydroxylation is 1. The van der Waals surface area contributed by atoms with Crippen LogP contribution >= 0.6 is 0 Å². The van der Waals surface area contributed by atoms with E-state index in [0.29, 0.717) is 13.0 Å². The van der Waals surface area contributed by atoms with Crippen LogP contribution in [0.5, 0.6) is 6.01 Å². The Kier molecular flexibility index (Phi) is 2.34. The number of imidazole rings is 1. The van der Waals surface area contributed by atoms with E-state index >= 15 is 0 Å². The molecule has 0 saturated carbocycles. The van der Waals surface area contributed by atoms with Crippen molar-refractivity contribution >= 4 is 11.8 Å². The quantitative estimate of drug-likeness (QED) is 0.333. The van der Waals surface area contributed by atoms with Gasteiger partial charge in [0.15, 0.2) is 12.0 Å². The van der Waals surface area contributed by atoms with Crippen LogP contribution in [0.3, 0.4) is 0 Å². The van der Waals surface area contributed by atoms with Crippen molar-refractivity contribution in [3.8, 4) is 6.01 Å². The zero-order valence-corrected chi connectivity index (χ0v) is 7.99. The highest BCUT2D eigenvalue weighted by molar-refractivity contribution is 5.50. The molecular formula is C8H7N3O5. The van der Waals surface area contributed by atoms with E-state index in [-0.39, 0.29) is 11.8 Å². The summed E-state index contributed by atoms with van der Waals surface area (Å²) >= 11 is 0. The van der Waals surface area contributed by atoms with E-state index < -0.39 is 16.8 Å². The lowest BCUT2D eigenvalue weighted by molar-refractivity contribution is -0.389. The van der Waals surface area contributed by atoms with Crippen LogP contribution in [-0.4, -0.2) is 31.6 Å². The van der Waals surface area contributed by atoms with Gasteiger partial charge in [0, 0.05) is 17.9 Å². The van der Waals surface area contributed by atoms with Gasteiger partial charge >= 0.3 is 11.8 Å². The van der Waals surface area contributed by atoms with E-state index in [9.17, 15) is 14.9 Å². The molecule has 8 heteroatoms. The van der Waals surface area contributed by atoms with Crippen LogP contribution < -0.4 is 4.74 Å². The van der Waals surface area contributed by atoms with E-state index in [4.69, 9.17) is 9.84 Å². The van der Waals surface area contributed by atoms with Crippen LogP contribution in [0, 0.1) is 10.1 Å². The Morgan fingerprint density at radius 1 is 1.81 bits per heavy atom. The van der Waals surface area contributed by atoms with Crippen LogP contribution in [0.15, 0.2) is 12.0 Å². The molecule has 2 heterocycles. The van der Waals surface area contributed by atoms with Gasteiger partial charge < -0.3 is 20.0 Å². The van der Waals surface area contributed by atoms with Crippen molar-refractivity contribution in [2.75, 3.05) is 0 Å². The molecule has 1 N–H and O–H groups in total. The van der Waals surface area contributed by atoms with Gasteiger partial charge in [0.05, 0.1) is 0 Å². The van der Waals surface area contributed by atoms with E-state index in [0.717, 1.165) is 0 Å². The largest absolute Gasteiger partial charge is 0.499 e. The normalized spacial score (nSPS) is 18.1. The first-order valence-corrected chi connectivity index (χ1v) is 4.44. The summed E-state index contributed by atoms with van der Waals surface area (Å²) in [7, 11) is 0. The number of hydrogen-bond acceptors (Lipinski definition) is 6. The molecule has 0 spiro atoms. The lowest BCUT2D eigenvalue weighted by atomic mass is 10.2. The van der Waals surface area contributed by atoms with Crippen LogP contribution in [0.4, 0.5) is 5.82 Å². The van der Waals surface area contributed by atoms with E-state index in [2.05, 4.69) is 4.98 Å². The summed E-state index contributed by atoms with van der Waals surface area (Å²) in [5.74, 6) is 0.434. The predicted molar refractivity (Wildman–Crippen MR) is 49.7 cm³/mol. The van der Waals surface area contributed by atoms with E-state index in [1.54, 1.807) is 0 Å². The Balaban J connectivity index is 2.27. The van der Waals surface area contributed by atoms with Crippen molar-refractivity contribution < 1.29 is 19.6 Å². The molecule has 0 amide bonds. The van der Waals surface area contributed by atoms with Gasteiger partial charge in [0.1, 0.15) is 6.20 Å². The first-order valence-electron chi connectivity index (χ1n) is 4.44. The average Bonchev–Trinajstić information content (AvgIpc) is 2.70. The topological polar surface area (TPSA) is 107 Å². The molecule has 0 aliphatic carbocycles. The van der Waals surface area contributed by atoms with Gasteiger partial charge in [-0.1, -0.05) is 0 Å². The van der Waals surface area contributed by atoms with Gasteiger partial charge in [-0.3, -0.25) is 4.57 Å². The summed E-state index contributed by atoms with van der Waals surface area (Å²) in [4.78, 5) is 23.6. The number of nitrogens with zero attached hydrogens (tertiary/aromatic N) is 3. The van der Waals surface area contributed by atoms with Crippen molar-refractivity contribution in [3.63, 3.8) is 0 Å². The molecule has 0 bridgehead atoms. The van der Waals surface area contributed by atoms with Gasteiger partial charge in [-0.05, 0) is 4.92 Å². The Bertz CT molecular complexity index is 488. The number of rotatable bonds is 2. The SMILES string of the molecule is O=C=C(O)C1CCn2cc([N+](=O)[O-])nc2O1. The Hall–Kier alpha value is -2.34. The molecule has 1 aliphatic heterocycles. The fraction of sp³-hybridized carbons (Fsp3) is 0.375. The number of nitro groups is 1. The number of aromatic nitrogens is 2. The summed E-state index contributed by atoms with van der Waals surface area (Å²) in [5, 5.41) is 19.6. The Labute approximate surface area is 88.9 Å². The fourth-order valence-electron chi connectivity index (χ4n) is 1.43. The number of aliphatic hydroxyl groups is 1. The molecule has 1 aliphatic rings. The van der Waals surface area contributed by atoms with Gasteiger partial charge in [0.25, 0.3) is 0 Å². The maximum absolute atomic E-state index is 10.4. The zero-order valence-electron chi connectivity index (χ0n) is 7.99. The minimum atomic E-state index is -0.827. The number of fused-ring (bicyclic) bond motifs is 1. The summed E-state index contributed by atoms with van der Waals surface area (Å²) < 4.78 is 6.56. The van der Waals surface area contributed by atoms with Crippen LogP contribution in [0.1, 0.15) is 6.42 Å². The third-order valence-electron chi connectivity index (χ3n) is 2.20. The van der Waals surface area contributed by atoms with Crippen LogP contribution in [0.25, 0.3) is 0 Å². The highest BCUT2D eigenvalue weighted by Gasteiger charge is 2.30. The molecule has 1 unspecified atom stereocenters. The van der Waals surface area contributed by atoms with E-state index in [1.165, 1.54) is 16.7 Å². The van der Waals surface area contributed by atoms with Crippen molar-refractivity contribution in [2.24, 2.45) is 0 Å². The molecule has 84 valence electrons. The molecule has 8 nitrogen and oxygen atoms in total. The second-order valence-electron chi connectivity index (χ2n) is 3.21. The summed E-state index contributed by atoms with van der Waals surface area (Å²) in [6.07, 6.45) is 0.751. The predicted octanol–water partition coefficient (Wildman–Crippen LogP) is 0.216. The smallest absolute Gasteiger partial charge is 0.415 e. The maximum Gasteiger partial charge on any atom is 0.415 e. The van der Waals surface area contributed by atoms with E-state index in [1.807, 2.05) is 0 Å². The number of carbonyl (C=O) groups excluding carboxylic acids is 1. The molecule has 0 radical (unpaired) electrons. The molecule has 1 aromatic rings. The maximum atomic E-state index is 10.4. The minimum Gasteiger partial charge on any atom is -0.499 e. The monoisotopic (exact) mass is 225 g/mol. The Morgan fingerprint density at radius 3 is 3.19 bits per heavy atom. The number of aliphatic hydroxyl groups excluding tert-OH is 1. The molecule has 1 atom stereocenters. The molecule has 0 aromatic carbocycles. The average molecular weight is 225 g/mol. The van der Waals surface area contributed by atoms with Crippen molar-refractivity contribution in [3.05, 3.63) is 22.1 Å². The molecule has 16 heavy (non-hydrogen) atoms. The van der Waals surface area contributed by atoms with Gasteiger partial charge in [-0.2, -0.15) is 0 Å². The second kappa shape index (κ2) is 3.67. The lowest BCUT2D eigenvalue weighted by Gasteiger charge is -2.19. The van der Waals surface area contributed by atoms with Crippen LogP contribution in [0.2, 0.25) is 0 Å². The summed E-state index contributed by atoms with van der Waals surface area (Å²) in [6, 6.07) is 0.0183. The highest BCUT2D eigenvalue weighted by atomic mass is 16.6. The lowest BCUT2D eigenvalue weighted by Crippen LogP contribution is -2.27. The zero-order chi connectivity index (χ0) is 11.7. The Morgan fingerprint density at radius 2 is 2.56 bits per heavy atom. The van der Waals surface area contributed by atoms with Gasteiger partial charge in [-0.25, -0.2) is 4.79 Å². The first-order chi connectivity index (χ1) is 7.61. The fourth-order valence-corrected chi connectivity index (χ4v) is 1.43. The standard InChI is InChI=1S/C8H7N3O5/c12-4-5(13)6-1-2-10-3-7(11(14)15)9-8(10)16-6/h3,6,13H,1-2H2. The second-order valence-corrected chi connectivity index (χ2v) is 3.21. The van der Waals surface area contributed by atoms with Crippen molar-refractivity contribution in [2.45, 2.75) is 19.1 Å². The highest BCUT2D eigenvalue weighted by Crippen LogP contribution is 2.25. The van der Waals surface area contributed by atoms with Gasteiger partial charge in [0.2, 0.25) is 5.76 Å². The van der Waals surface area contributed by atoms with Crippen LogP contribution in [-0.2, 0) is 11.3 Å². The third kappa shape index (κ3) is 1.61. The summed E-state index contributed by atoms with van der Waals surface area (Å²) in [5.41, 5.74) is 0. The molecule has 0 saturated heterocycles. The van der Waals surface area contributed by atoms with Crippen molar-refractivity contribution in [1.82, 2.24) is 9.55 Å². The van der Waals surface area contributed by atoms with Crippen molar-refractivity contribution in [1.29, 1.82) is 0 Å². The molecule has 2 rings (SSSR count). The minimum absolute atomic E-state index is 0.0183. The number of hydrogen-bond donors (Lipinski definition) is 1. The molecule has 0 fully saturated rings. The number of ether oxygens (including phenoxy) is 1. The summed E-state index contributed by atoms with van der Waals surface area (Å²) in [6.45, 7) is 0.382. The molecular weight excluding hydrogens is 218 g/mol.